The van der Waals surface area contributed by atoms with Gasteiger partial charge in [0.1, 0.15) is 22.8 Å². The first-order chi connectivity index (χ1) is 12.5. The van der Waals surface area contributed by atoms with Crippen molar-refractivity contribution < 1.29 is 13.6 Å². The van der Waals surface area contributed by atoms with Gasteiger partial charge in [-0.1, -0.05) is 11.6 Å². The summed E-state index contributed by atoms with van der Waals surface area (Å²) in [4.78, 5) is 21.5. The van der Waals surface area contributed by atoms with Crippen LogP contribution in [0.15, 0.2) is 36.7 Å². The van der Waals surface area contributed by atoms with Crippen LogP contribution >= 0.6 is 11.6 Å². The van der Waals surface area contributed by atoms with E-state index in [1.807, 2.05) is 18.3 Å². The second-order valence-corrected chi connectivity index (χ2v) is 6.89. The summed E-state index contributed by atoms with van der Waals surface area (Å²) in [6.07, 6.45) is 5.15. The van der Waals surface area contributed by atoms with E-state index in [0.717, 1.165) is 36.0 Å². The fourth-order valence-corrected chi connectivity index (χ4v) is 3.80. The predicted molar refractivity (Wildman–Crippen MR) is 95.3 cm³/mol. The van der Waals surface area contributed by atoms with Crippen molar-refractivity contribution in [2.24, 2.45) is 0 Å². The van der Waals surface area contributed by atoms with Gasteiger partial charge >= 0.3 is 0 Å². The summed E-state index contributed by atoms with van der Waals surface area (Å²) in [7, 11) is 0. The molecule has 26 heavy (non-hydrogen) atoms. The zero-order valence-electron chi connectivity index (χ0n) is 13.8. The molecule has 0 atom stereocenters. The van der Waals surface area contributed by atoms with Gasteiger partial charge in [0.05, 0.1) is 0 Å². The summed E-state index contributed by atoms with van der Waals surface area (Å²) >= 11 is 5.62. The minimum Gasteiger partial charge on any atom is -0.346 e. The fraction of sp³-hybridized carbons (Fsp3) is 0.263. The van der Waals surface area contributed by atoms with Crippen LogP contribution in [0.25, 0.3) is 11.0 Å². The van der Waals surface area contributed by atoms with Gasteiger partial charge in [-0.25, -0.2) is 13.8 Å². The molecule has 4 rings (SSSR count). The molecule has 3 aromatic rings. The number of amides is 1. The van der Waals surface area contributed by atoms with Crippen LogP contribution in [-0.4, -0.2) is 33.9 Å². The fourth-order valence-electron chi connectivity index (χ4n) is 3.61. The molecule has 3 heterocycles. The van der Waals surface area contributed by atoms with Gasteiger partial charge < -0.3 is 9.88 Å². The monoisotopic (exact) mass is 375 g/mol. The number of nitrogens with one attached hydrogen (secondary N) is 1. The molecule has 1 saturated heterocycles. The molecule has 0 unspecified atom stereocenters. The molecular weight excluding hydrogens is 360 g/mol. The van der Waals surface area contributed by atoms with Crippen LogP contribution in [-0.2, 0) is 0 Å². The highest BCUT2D eigenvalue weighted by atomic mass is 35.5. The van der Waals surface area contributed by atoms with Gasteiger partial charge in [0.25, 0.3) is 5.91 Å². The number of carbonyl (C=O) groups is 1. The van der Waals surface area contributed by atoms with Crippen LogP contribution in [0, 0.1) is 11.6 Å². The van der Waals surface area contributed by atoms with Crippen LogP contribution in [0.2, 0.25) is 5.02 Å². The lowest BCUT2D eigenvalue weighted by atomic mass is 9.89. The highest BCUT2D eigenvalue weighted by molar-refractivity contribution is 6.30. The van der Waals surface area contributed by atoms with E-state index in [2.05, 4.69) is 9.97 Å². The zero-order chi connectivity index (χ0) is 18.3. The Morgan fingerprint density at radius 2 is 1.92 bits per heavy atom. The number of hydrogen-bond donors (Lipinski definition) is 1. The molecule has 1 aromatic carbocycles. The molecule has 1 aliphatic heterocycles. The Morgan fingerprint density at radius 1 is 1.23 bits per heavy atom. The molecule has 7 heteroatoms. The summed E-state index contributed by atoms with van der Waals surface area (Å²) in [6.45, 7) is 0.885. The number of likely N-dealkylation sites (tertiary alicyclic amines) is 1. The molecule has 1 N–H and O–H groups in total. The van der Waals surface area contributed by atoms with Crippen molar-refractivity contribution in [1.29, 1.82) is 0 Å². The molecule has 0 bridgehead atoms. The van der Waals surface area contributed by atoms with E-state index in [4.69, 9.17) is 11.6 Å². The Balaban J connectivity index is 1.51. The Bertz CT molecular complexity index is 957. The molecule has 1 fully saturated rings. The van der Waals surface area contributed by atoms with Gasteiger partial charge in [0, 0.05) is 35.9 Å². The van der Waals surface area contributed by atoms with Crippen molar-refractivity contribution in [1.82, 2.24) is 14.9 Å². The van der Waals surface area contributed by atoms with Crippen LogP contribution in [0.3, 0.4) is 0 Å². The maximum Gasteiger partial charge on any atom is 0.259 e. The van der Waals surface area contributed by atoms with E-state index in [1.54, 1.807) is 6.20 Å². The summed E-state index contributed by atoms with van der Waals surface area (Å²) in [5, 5.41) is 1.01. The topological polar surface area (TPSA) is 49.0 Å². The standard InChI is InChI=1S/C19H16ClF2N3O/c20-12-8-15(21)17(16(22)9-12)19(26)25-6-3-11(4-7-25)14-10-24-18-13(14)2-1-5-23-18/h1-2,5,8-11H,3-4,6-7H2,(H,23,24). The number of rotatable bonds is 2. The average Bonchev–Trinajstić information content (AvgIpc) is 3.05. The molecule has 0 aliphatic carbocycles. The van der Waals surface area contributed by atoms with E-state index in [-0.39, 0.29) is 10.9 Å². The Morgan fingerprint density at radius 3 is 2.62 bits per heavy atom. The second-order valence-electron chi connectivity index (χ2n) is 6.45. The zero-order valence-corrected chi connectivity index (χ0v) is 14.6. The second kappa shape index (κ2) is 6.68. The highest BCUT2D eigenvalue weighted by Crippen LogP contribution is 2.33. The number of piperidine rings is 1. The van der Waals surface area contributed by atoms with Crippen LogP contribution in [0.1, 0.15) is 34.7 Å². The van der Waals surface area contributed by atoms with Crippen LogP contribution < -0.4 is 0 Å². The van der Waals surface area contributed by atoms with Crippen molar-refractivity contribution in [2.75, 3.05) is 13.1 Å². The molecule has 134 valence electrons. The first kappa shape index (κ1) is 17.0. The number of benzene rings is 1. The molecule has 0 saturated carbocycles. The number of hydrogen-bond acceptors (Lipinski definition) is 2. The lowest BCUT2D eigenvalue weighted by molar-refractivity contribution is 0.0703. The third kappa shape index (κ3) is 2.94. The Hall–Kier alpha value is -2.47. The lowest BCUT2D eigenvalue weighted by Gasteiger charge is -2.32. The van der Waals surface area contributed by atoms with E-state index >= 15 is 0 Å². The van der Waals surface area contributed by atoms with Crippen molar-refractivity contribution >= 4 is 28.5 Å². The number of pyridine rings is 1. The molecule has 1 aliphatic rings. The molecule has 0 spiro atoms. The number of H-pyrrole nitrogens is 1. The maximum absolute atomic E-state index is 14.0. The molecule has 1 amide bonds. The predicted octanol–water partition coefficient (Wildman–Crippen LogP) is 4.51. The van der Waals surface area contributed by atoms with E-state index in [9.17, 15) is 13.6 Å². The first-order valence-electron chi connectivity index (χ1n) is 8.40. The van der Waals surface area contributed by atoms with Gasteiger partial charge in [-0.2, -0.15) is 0 Å². The smallest absolute Gasteiger partial charge is 0.259 e. The van der Waals surface area contributed by atoms with Crippen LogP contribution in [0.4, 0.5) is 8.78 Å². The Labute approximate surface area is 153 Å². The largest absolute Gasteiger partial charge is 0.346 e. The van der Waals surface area contributed by atoms with Gasteiger partial charge in [-0.05, 0) is 48.6 Å². The number of aromatic nitrogens is 2. The number of fused-ring (bicyclic) bond motifs is 1. The SMILES string of the molecule is O=C(c1c(F)cc(Cl)cc1F)N1CCC(c2c[nH]c3ncccc23)CC1. The number of aromatic amines is 1. The van der Waals surface area contributed by atoms with Gasteiger partial charge in [0.15, 0.2) is 0 Å². The van der Waals surface area contributed by atoms with Crippen molar-refractivity contribution in [3.8, 4) is 0 Å². The summed E-state index contributed by atoms with van der Waals surface area (Å²) in [5.41, 5.74) is 1.47. The summed E-state index contributed by atoms with van der Waals surface area (Å²) < 4.78 is 28.0. The highest BCUT2D eigenvalue weighted by Gasteiger charge is 2.29. The van der Waals surface area contributed by atoms with E-state index < -0.39 is 23.1 Å². The quantitative estimate of drug-likeness (QED) is 0.716. The minimum atomic E-state index is -0.926. The Kier molecular flexibility index (Phi) is 4.36. The molecule has 0 radical (unpaired) electrons. The number of carbonyl (C=O) groups excluding carboxylic acids is 1. The lowest BCUT2D eigenvalue weighted by Crippen LogP contribution is -2.38. The minimum absolute atomic E-state index is 0.0665. The van der Waals surface area contributed by atoms with Crippen LogP contribution in [0.5, 0.6) is 0 Å². The maximum atomic E-state index is 14.0. The number of nitrogens with zero attached hydrogens (tertiary/aromatic N) is 2. The van der Waals surface area contributed by atoms with Crippen molar-refractivity contribution in [2.45, 2.75) is 18.8 Å². The normalized spacial score (nSPS) is 15.6. The van der Waals surface area contributed by atoms with Crippen molar-refractivity contribution in [3.05, 3.63) is 64.4 Å². The van der Waals surface area contributed by atoms with E-state index in [1.165, 1.54) is 10.5 Å². The molecular formula is C19H16ClF2N3O. The van der Waals surface area contributed by atoms with Gasteiger partial charge in [-0.3, -0.25) is 4.79 Å². The first-order valence-corrected chi connectivity index (χ1v) is 8.78. The van der Waals surface area contributed by atoms with Gasteiger partial charge in [0.2, 0.25) is 0 Å². The average molecular weight is 376 g/mol. The number of halogens is 3. The third-order valence-electron chi connectivity index (χ3n) is 4.93. The van der Waals surface area contributed by atoms with Crippen molar-refractivity contribution in [3.63, 3.8) is 0 Å². The summed E-state index contributed by atoms with van der Waals surface area (Å²) in [5.74, 6) is -2.21. The van der Waals surface area contributed by atoms with E-state index in [0.29, 0.717) is 13.1 Å². The molecule has 4 nitrogen and oxygen atoms in total. The summed E-state index contributed by atoms with van der Waals surface area (Å²) in [6, 6.07) is 5.84. The van der Waals surface area contributed by atoms with Gasteiger partial charge in [-0.15, -0.1) is 0 Å². The molecule has 2 aromatic heterocycles. The third-order valence-corrected chi connectivity index (χ3v) is 5.14.